The molecule has 0 saturated carbocycles. The highest BCUT2D eigenvalue weighted by atomic mass is 32.2. The third-order valence-corrected chi connectivity index (χ3v) is 7.73. The summed E-state index contributed by atoms with van der Waals surface area (Å²) in [5.74, 6) is 0. The monoisotopic (exact) mass is 409 g/mol. The molecule has 1 aromatic rings. The molecule has 0 radical (unpaired) electrons. The summed E-state index contributed by atoms with van der Waals surface area (Å²) < 4.78 is 27.4. The predicted molar refractivity (Wildman–Crippen MR) is 100 cm³/mol. The average molecular weight is 409 g/mol. The molecule has 28 heavy (non-hydrogen) atoms. The van der Waals surface area contributed by atoms with E-state index < -0.39 is 20.6 Å². The van der Waals surface area contributed by atoms with Gasteiger partial charge in [-0.2, -0.15) is 4.31 Å². The number of nitro groups is 1. The van der Waals surface area contributed by atoms with Crippen molar-refractivity contribution in [3.05, 3.63) is 34.4 Å². The number of urea groups is 1. The van der Waals surface area contributed by atoms with Crippen molar-refractivity contribution in [2.45, 2.75) is 42.3 Å². The van der Waals surface area contributed by atoms with Crippen LogP contribution in [0.1, 0.15) is 19.3 Å². The van der Waals surface area contributed by atoms with Crippen molar-refractivity contribution in [3.8, 4) is 0 Å². The van der Waals surface area contributed by atoms with Crippen LogP contribution >= 0.6 is 0 Å². The fourth-order valence-corrected chi connectivity index (χ4v) is 6.11. The Balaban J connectivity index is 1.55. The van der Waals surface area contributed by atoms with Crippen LogP contribution in [-0.2, 0) is 10.0 Å². The average Bonchev–Trinajstić information content (AvgIpc) is 3.03. The van der Waals surface area contributed by atoms with Gasteiger partial charge in [-0.1, -0.05) is 12.1 Å². The van der Waals surface area contributed by atoms with Crippen molar-refractivity contribution >= 4 is 21.7 Å². The van der Waals surface area contributed by atoms with Gasteiger partial charge in [0.1, 0.15) is 0 Å². The van der Waals surface area contributed by atoms with Gasteiger partial charge in [0.25, 0.3) is 5.69 Å². The zero-order valence-corrected chi connectivity index (χ0v) is 16.1. The minimum absolute atomic E-state index is 0.0483. The summed E-state index contributed by atoms with van der Waals surface area (Å²) in [5, 5.41) is 17.5. The SMILES string of the molecule is O=C1NC2CN(S(=O)(=O)c3ccccc3[N+](=O)[O-])CCC2N1C1CCNCC1. The molecule has 11 heteroatoms. The molecule has 2 unspecified atom stereocenters. The Kier molecular flexibility index (Phi) is 4.98. The first-order chi connectivity index (χ1) is 13.4. The molecular weight excluding hydrogens is 386 g/mol. The van der Waals surface area contributed by atoms with Crippen molar-refractivity contribution in [1.29, 1.82) is 0 Å². The molecule has 2 amide bonds. The molecule has 0 bridgehead atoms. The van der Waals surface area contributed by atoms with Gasteiger partial charge in [0.2, 0.25) is 10.0 Å². The van der Waals surface area contributed by atoms with Crippen LogP contribution in [0, 0.1) is 10.1 Å². The minimum atomic E-state index is -4.02. The molecule has 0 aliphatic carbocycles. The number of carbonyl (C=O) groups excluding carboxylic acids is 1. The zero-order chi connectivity index (χ0) is 19.9. The standard InChI is InChI=1S/C17H23N5O5S/c23-17-19-13-11-20(10-7-14(13)21(17)12-5-8-18-9-6-12)28(26,27)16-4-2-1-3-15(16)22(24)25/h1-4,12-14,18H,5-11H2,(H,19,23). The summed E-state index contributed by atoms with van der Waals surface area (Å²) >= 11 is 0. The van der Waals surface area contributed by atoms with Gasteiger partial charge in [-0.05, 0) is 38.4 Å². The summed E-state index contributed by atoms with van der Waals surface area (Å²) in [5.41, 5.74) is -0.434. The van der Waals surface area contributed by atoms with Crippen molar-refractivity contribution in [2.24, 2.45) is 0 Å². The number of hydrogen-bond donors (Lipinski definition) is 2. The number of hydrogen-bond acceptors (Lipinski definition) is 6. The van der Waals surface area contributed by atoms with E-state index in [4.69, 9.17) is 0 Å². The van der Waals surface area contributed by atoms with E-state index in [0.717, 1.165) is 25.9 Å². The lowest BCUT2D eigenvalue weighted by Crippen LogP contribution is -2.55. The van der Waals surface area contributed by atoms with Gasteiger partial charge >= 0.3 is 6.03 Å². The Morgan fingerprint density at radius 3 is 2.57 bits per heavy atom. The highest BCUT2D eigenvalue weighted by Gasteiger charge is 2.48. The molecule has 3 aliphatic heterocycles. The van der Waals surface area contributed by atoms with Crippen LogP contribution in [0.25, 0.3) is 0 Å². The lowest BCUT2D eigenvalue weighted by Gasteiger charge is -2.40. The first-order valence-corrected chi connectivity index (χ1v) is 10.9. The van der Waals surface area contributed by atoms with E-state index in [1.54, 1.807) is 0 Å². The Morgan fingerprint density at radius 1 is 1.14 bits per heavy atom. The number of sulfonamides is 1. The van der Waals surface area contributed by atoms with E-state index in [0.29, 0.717) is 6.42 Å². The Labute approximate surface area is 163 Å². The fraction of sp³-hybridized carbons (Fsp3) is 0.588. The van der Waals surface area contributed by atoms with E-state index in [9.17, 15) is 23.3 Å². The number of carbonyl (C=O) groups is 1. The summed E-state index contributed by atoms with van der Waals surface area (Å²) in [6.07, 6.45) is 2.27. The van der Waals surface area contributed by atoms with Crippen LogP contribution in [-0.4, -0.2) is 72.9 Å². The van der Waals surface area contributed by atoms with Crippen molar-refractivity contribution in [2.75, 3.05) is 26.2 Å². The number of piperidine rings is 2. The van der Waals surface area contributed by atoms with Crippen LogP contribution < -0.4 is 10.6 Å². The summed E-state index contributed by atoms with van der Waals surface area (Å²) in [7, 11) is -4.02. The Bertz CT molecular complexity index is 886. The van der Waals surface area contributed by atoms with E-state index in [2.05, 4.69) is 10.6 Å². The molecule has 0 aromatic heterocycles. The van der Waals surface area contributed by atoms with Gasteiger partial charge in [0.05, 0.1) is 17.0 Å². The normalized spacial score (nSPS) is 26.7. The van der Waals surface area contributed by atoms with E-state index in [1.807, 2.05) is 4.90 Å². The van der Waals surface area contributed by atoms with Crippen LogP contribution in [0.15, 0.2) is 29.2 Å². The Hall–Kier alpha value is -2.24. The maximum atomic E-state index is 13.1. The van der Waals surface area contributed by atoms with Crippen molar-refractivity contribution < 1.29 is 18.1 Å². The predicted octanol–water partition coefficient (Wildman–Crippen LogP) is 0.504. The summed E-state index contributed by atoms with van der Waals surface area (Å²) in [6.45, 7) is 2.08. The van der Waals surface area contributed by atoms with Gasteiger partial charge in [0, 0.05) is 25.2 Å². The molecule has 3 saturated heterocycles. The molecular formula is C17H23N5O5S. The van der Waals surface area contributed by atoms with Crippen LogP contribution in [0.4, 0.5) is 10.5 Å². The van der Waals surface area contributed by atoms with Crippen LogP contribution in [0.3, 0.4) is 0 Å². The maximum Gasteiger partial charge on any atom is 0.318 e. The fourth-order valence-electron chi connectivity index (χ4n) is 4.47. The summed E-state index contributed by atoms with van der Waals surface area (Å²) in [4.78, 5) is 24.7. The molecule has 0 spiro atoms. The molecule has 152 valence electrons. The van der Waals surface area contributed by atoms with Gasteiger partial charge in [-0.25, -0.2) is 13.2 Å². The second kappa shape index (κ2) is 7.30. The second-order valence-electron chi connectivity index (χ2n) is 7.39. The van der Waals surface area contributed by atoms with Gasteiger partial charge < -0.3 is 15.5 Å². The first kappa shape index (κ1) is 19.1. The third-order valence-electron chi connectivity index (χ3n) is 5.82. The van der Waals surface area contributed by atoms with E-state index in [1.165, 1.54) is 28.6 Å². The van der Waals surface area contributed by atoms with Crippen LogP contribution in [0.2, 0.25) is 0 Å². The smallest absolute Gasteiger partial charge is 0.318 e. The molecule has 3 fully saturated rings. The number of rotatable bonds is 4. The van der Waals surface area contributed by atoms with Gasteiger partial charge in [-0.15, -0.1) is 0 Å². The molecule has 1 aromatic carbocycles. The van der Waals surface area contributed by atoms with Gasteiger partial charge in [0.15, 0.2) is 4.90 Å². The Morgan fingerprint density at radius 2 is 1.86 bits per heavy atom. The molecule has 3 heterocycles. The topological polar surface area (TPSA) is 125 Å². The third kappa shape index (κ3) is 3.23. The lowest BCUT2D eigenvalue weighted by atomic mass is 9.97. The van der Waals surface area contributed by atoms with Gasteiger partial charge in [-0.3, -0.25) is 10.1 Å². The zero-order valence-electron chi connectivity index (χ0n) is 15.3. The van der Waals surface area contributed by atoms with Crippen molar-refractivity contribution in [3.63, 3.8) is 0 Å². The summed E-state index contributed by atoms with van der Waals surface area (Å²) in [6, 6.07) is 5.02. The second-order valence-corrected chi connectivity index (χ2v) is 9.29. The quantitative estimate of drug-likeness (QED) is 0.551. The van der Waals surface area contributed by atoms with Crippen molar-refractivity contribution in [1.82, 2.24) is 19.8 Å². The molecule has 3 aliphatic rings. The molecule has 2 atom stereocenters. The first-order valence-electron chi connectivity index (χ1n) is 9.42. The number of nitrogens with zero attached hydrogens (tertiary/aromatic N) is 3. The largest absolute Gasteiger partial charge is 0.332 e. The van der Waals surface area contributed by atoms with Crippen LogP contribution in [0.5, 0.6) is 0 Å². The highest BCUT2D eigenvalue weighted by Crippen LogP contribution is 2.32. The number of nitro benzene ring substituents is 1. The highest BCUT2D eigenvalue weighted by molar-refractivity contribution is 7.89. The maximum absolute atomic E-state index is 13.1. The van der Waals surface area contributed by atoms with E-state index >= 15 is 0 Å². The number of fused-ring (bicyclic) bond motifs is 1. The molecule has 10 nitrogen and oxygen atoms in total. The number of benzene rings is 1. The van der Waals surface area contributed by atoms with E-state index in [-0.39, 0.29) is 42.1 Å². The number of amides is 2. The molecule has 4 rings (SSSR count). The lowest BCUT2D eigenvalue weighted by molar-refractivity contribution is -0.387. The number of nitrogens with one attached hydrogen (secondary N) is 2. The minimum Gasteiger partial charge on any atom is -0.332 e. The molecule has 2 N–H and O–H groups in total. The number of para-hydroxylation sites is 1.